The Bertz CT molecular complexity index is 668. The number of anilines is 3. The largest absolute Gasteiger partial charge is 0.353 e. The number of nitrogens with zero attached hydrogens (tertiary/aromatic N) is 3. The lowest BCUT2D eigenvalue weighted by Crippen LogP contribution is -2.39. The number of benzene rings is 1. The zero-order valence-corrected chi connectivity index (χ0v) is 14.3. The van der Waals surface area contributed by atoms with Crippen LogP contribution in [0, 0.1) is 13.8 Å². The Labute approximate surface area is 139 Å². The van der Waals surface area contributed by atoms with Crippen LogP contribution in [0.25, 0.3) is 0 Å². The molecule has 0 radical (unpaired) electrons. The van der Waals surface area contributed by atoms with Crippen molar-refractivity contribution >= 4 is 17.3 Å². The molecule has 1 atom stereocenters. The molecule has 122 valence electrons. The molecule has 0 bridgehead atoms. The first-order valence-electron chi connectivity index (χ1n) is 8.60. The minimum atomic E-state index is 0.604. The third kappa shape index (κ3) is 3.63. The Kier molecular flexibility index (Phi) is 4.79. The molecular weight excluding hydrogens is 284 g/mol. The third-order valence-corrected chi connectivity index (χ3v) is 4.69. The molecule has 23 heavy (non-hydrogen) atoms. The molecule has 0 spiro atoms. The van der Waals surface area contributed by atoms with Gasteiger partial charge in [0.25, 0.3) is 0 Å². The molecule has 1 N–H and O–H groups in total. The number of nitrogens with one attached hydrogen (secondary N) is 1. The average Bonchev–Trinajstić information content (AvgIpc) is 2.58. The fourth-order valence-corrected chi connectivity index (χ4v) is 3.39. The first-order valence-corrected chi connectivity index (χ1v) is 8.60. The van der Waals surface area contributed by atoms with Crippen molar-refractivity contribution in [2.45, 2.75) is 52.5 Å². The summed E-state index contributed by atoms with van der Waals surface area (Å²) in [7, 11) is 0. The summed E-state index contributed by atoms with van der Waals surface area (Å²) in [6.45, 7) is 7.59. The third-order valence-electron chi connectivity index (χ3n) is 4.69. The van der Waals surface area contributed by atoms with Crippen molar-refractivity contribution in [2.75, 3.05) is 16.8 Å². The predicted molar refractivity (Wildman–Crippen MR) is 96.5 cm³/mol. The summed E-state index contributed by atoms with van der Waals surface area (Å²) in [5.41, 5.74) is 3.61. The van der Waals surface area contributed by atoms with Crippen LogP contribution < -0.4 is 10.2 Å². The van der Waals surface area contributed by atoms with Gasteiger partial charge in [0.15, 0.2) is 0 Å². The van der Waals surface area contributed by atoms with Gasteiger partial charge in [0.2, 0.25) is 0 Å². The number of hydrogen-bond donors (Lipinski definition) is 1. The molecule has 1 fully saturated rings. The van der Waals surface area contributed by atoms with E-state index in [4.69, 9.17) is 0 Å². The summed E-state index contributed by atoms with van der Waals surface area (Å²) in [6, 6.07) is 9.10. The summed E-state index contributed by atoms with van der Waals surface area (Å²) in [5, 5.41) is 3.43. The van der Waals surface area contributed by atoms with Crippen LogP contribution in [0.3, 0.4) is 0 Å². The summed E-state index contributed by atoms with van der Waals surface area (Å²) in [6.07, 6.45) is 6.68. The number of hydrogen-bond acceptors (Lipinski definition) is 4. The van der Waals surface area contributed by atoms with Crippen LogP contribution in [-0.2, 0) is 0 Å². The van der Waals surface area contributed by atoms with Gasteiger partial charge < -0.3 is 10.2 Å². The van der Waals surface area contributed by atoms with E-state index in [-0.39, 0.29) is 0 Å². The van der Waals surface area contributed by atoms with Crippen molar-refractivity contribution in [2.24, 2.45) is 0 Å². The molecule has 1 saturated heterocycles. The fraction of sp³-hybridized carbons (Fsp3) is 0.474. The second kappa shape index (κ2) is 6.99. The van der Waals surface area contributed by atoms with Crippen molar-refractivity contribution in [3.8, 4) is 0 Å². The lowest BCUT2D eigenvalue weighted by atomic mass is 10.0. The molecule has 1 unspecified atom stereocenters. The van der Waals surface area contributed by atoms with E-state index in [1.165, 1.54) is 36.8 Å². The predicted octanol–water partition coefficient (Wildman–Crippen LogP) is 4.61. The highest BCUT2D eigenvalue weighted by Gasteiger charge is 2.22. The summed E-state index contributed by atoms with van der Waals surface area (Å²) < 4.78 is 0. The normalized spacial score (nSPS) is 18.0. The van der Waals surface area contributed by atoms with Gasteiger partial charge in [0, 0.05) is 24.3 Å². The number of rotatable bonds is 4. The van der Waals surface area contributed by atoms with Gasteiger partial charge in [-0.2, -0.15) is 0 Å². The van der Waals surface area contributed by atoms with Gasteiger partial charge in [-0.05, 0) is 51.2 Å². The Balaban J connectivity index is 1.82. The molecule has 0 amide bonds. The second-order valence-corrected chi connectivity index (χ2v) is 6.46. The lowest BCUT2D eigenvalue weighted by Gasteiger charge is -2.36. The Morgan fingerprint density at radius 3 is 2.83 bits per heavy atom. The second-order valence-electron chi connectivity index (χ2n) is 6.46. The molecule has 2 heterocycles. The molecule has 1 aromatic heterocycles. The minimum Gasteiger partial charge on any atom is -0.353 e. The molecule has 1 aliphatic heterocycles. The van der Waals surface area contributed by atoms with Crippen LogP contribution in [0.2, 0.25) is 0 Å². The summed E-state index contributed by atoms with van der Waals surface area (Å²) in [5.74, 6) is 1.90. The average molecular weight is 310 g/mol. The molecule has 0 saturated carbocycles. The van der Waals surface area contributed by atoms with E-state index in [2.05, 4.69) is 65.2 Å². The maximum Gasteiger partial charge on any atom is 0.135 e. The first kappa shape index (κ1) is 15.8. The van der Waals surface area contributed by atoms with Gasteiger partial charge in [0.1, 0.15) is 18.0 Å². The Morgan fingerprint density at radius 2 is 2.04 bits per heavy atom. The highest BCUT2D eigenvalue weighted by Crippen LogP contribution is 2.27. The first-order chi connectivity index (χ1) is 11.2. The van der Waals surface area contributed by atoms with E-state index in [1.54, 1.807) is 6.33 Å². The maximum absolute atomic E-state index is 4.51. The van der Waals surface area contributed by atoms with Crippen molar-refractivity contribution in [3.63, 3.8) is 0 Å². The topological polar surface area (TPSA) is 41.0 Å². The molecule has 4 heteroatoms. The van der Waals surface area contributed by atoms with Crippen LogP contribution >= 0.6 is 0 Å². The molecule has 1 aliphatic rings. The van der Waals surface area contributed by atoms with Gasteiger partial charge in [-0.1, -0.05) is 24.6 Å². The SMILES string of the molecule is CCC1CCCCN1c1cc(Nc2ccc(C)cc2C)ncn1. The van der Waals surface area contributed by atoms with Gasteiger partial charge in [-0.15, -0.1) is 0 Å². The molecule has 1 aromatic carbocycles. The summed E-state index contributed by atoms with van der Waals surface area (Å²) >= 11 is 0. The van der Waals surface area contributed by atoms with Gasteiger partial charge in [-0.25, -0.2) is 9.97 Å². The smallest absolute Gasteiger partial charge is 0.135 e. The summed E-state index contributed by atoms with van der Waals surface area (Å²) in [4.78, 5) is 11.4. The van der Waals surface area contributed by atoms with E-state index in [9.17, 15) is 0 Å². The molecule has 4 nitrogen and oxygen atoms in total. The number of aryl methyl sites for hydroxylation is 2. The van der Waals surface area contributed by atoms with E-state index in [0.717, 1.165) is 23.9 Å². The van der Waals surface area contributed by atoms with E-state index in [0.29, 0.717) is 6.04 Å². The Hall–Kier alpha value is -2.10. The highest BCUT2D eigenvalue weighted by molar-refractivity contribution is 5.63. The zero-order chi connectivity index (χ0) is 16.2. The zero-order valence-electron chi connectivity index (χ0n) is 14.3. The van der Waals surface area contributed by atoms with Gasteiger partial charge in [0.05, 0.1) is 0 Å². The molecule has 3 rings (SSSR count). The van der Waals surface area contributed by atoms with Crippen molar-refractivity contribution in [3.05, 3.63) is 41.7 Å². The standard InChI is InChI=1S/C19H26N4/c1-4-16-7-5-6-10-23(16)19-12-18(20-13-21-19)22-17-9-8-14(2)11-15(17)3/h8-9,11-13,16H,4-7,10H2,1-3H3,(H,20,21,22). The van der Waals surface area contributed by atoms with Crippen LogP contribution in [0.1, 0.15) is 43.7 Å². The lowest BCUT2D eigenvalue weighted by molar-refractivity contribution is 0.446. The van der Waals surface area contributed by atoms with Gasteiger partial charge in [-0.3, -0.25) is 0 Å². The highest BCUT2D eigenvalue weighted by atomic mass is 15.2. The monoisotopic (exact) mass is 310 g/mol. The van der Waals surface area contributed by atoms with Crippen molar-refractivity contribution in [1.29, 1.82) is 0 Å². The number of piperidine rings is 1. The fourth-order valence-electron chi connectivity index (χ4n) is 3.39. The van der Waals surface area contributed by atoms with Gasteiger partial charge >= 0.3 is 0 Å². The van der Waals surface area contributed by atoms with Crippen molar-refractivity contribution in [1.82, 2.24) is 9.97 Å². The molecule has 2 aromatic rings. The van der Waals surface area contributed by atoms with Crippen LogP contribution in [0.5, 0.6) is 0 Å². The molecular formula is C19H26N4. The maximum atomic E-state index is 4.51. The molecule has 0 aliphatic carbocycles. The minimum absolute atomic E-state index is 0.604. The van der Waals surface area contributed by atoms with Crippen LogP contribution in [0.4, 0.5) is 17.3 Å². The number of aromatic nitrogens is 2. The van der Waals surface area contributed by atoms with E-state index < -0.39 is 0 Å². The Morgan fingerprint density at radius 1 is 1.17 bits per heavy atom. The van der Waals surface area contributed by atoms with E-state index >= 15 is 0 Å². The van der Waals surface area contributed by atoms with Crippen LogP contribution in [0.15, 0.2) is 30.6 Å². The quantitative estimate of drug-likeness (QED) is 0.895. The van der Waals surface area contributed by atoms with E-state index in [1.807, 2.05) is 0 Å². The van der Waals surface area contributed by atoms with Crippen LogP contribution in [-0.4, -0.2) is 22.6 Å². The van der Waals surface area contributed by atoms with Crippen molar-refractivity contribution < 1.29 is 0 Å².